The van der Waals surface area contributed by atoms with Crippen LogP contribution in [-0.2, 0) is 0 Å². The third kappa shape index (κ3) is 4.43. The summed E-state index contributed by atoms with van der Waals surface area (Å²) in [5.41, 5.74) is 5.27. The van der Waals surface area contributed by atoms with Gasteiger partial charge in [0.2, 0.25) is 5.88 Å². The molecule has 0 radical (unpaired) electrons. The van der Waals surface area contributed by atoms with Crippen molar-refractivity contribution >= 4 is 5.82 Å². The highest BCUT2D eigenvalue weighted by atomic mass is 19.4. The summed E-state index contributed by atoms with van der Waals surface area (Å²) in [5, 5.41) is 0. The highest BCUT2D eigenvalue weighted by Gasteiger charge is 2.31. The number of methoxy groups -OCH3 is 1. The lowest BCUT2D eigenvalue weighted by Crippen LogP contribution is -2.38. The Bertz CT molecular complexity index is 358. The summed E-state index contributed by atoms with van der Waals surface area (Å²) in [6.45, 7) is -0.952. The molecule has 0 aromatic carbocycles. The number of aromatic nitrogens is 2. The first kappa shape index (κ1) is 13.5. The normalized spacial score (nSPS) is 11.4. The molecule has 0 unspecified atom stereocenters. The Morgan fingerprint density at radius 3 is 2.65 bits per heavy atom. The first-order valence-electron chi connectivity index (χ1n) is 4.84. The van der Waals surface area contributed by atoms with Gasteiger partial charge in [-0.3, -0.25) is 0 Å². The van der Waals surface area contributed by atoms with Gasteiger partial charge < -0.3 is 15.4 Å². The molecule has 0 spiro atoms. The summed E-state index contributed by atoms with van der Waals surface area (Å²) in [7, 11) is 1.38. The molecule has 0 amide bonds. The Balaban J connectivity index is 2.88. The zero-order valence-corrected chi connectivity index (χ0v) is 9.24. The molecule has 1 heterocycles. The maximum atomic E-state index is 12.3. The van der Waals surface area contributed by atoms with Gasteiger partial charge in [-0.05, 0) is 0 Å². The Labute approximate surface area is 96.4 Å². The minimum Gasteiger partial charge on any atom is -0.481 e. The number of rotatable bonds is 5. The van der Waals surface area contributed by atoms with E-state index in [1.165, 1.54) is 13.2 Å². The maximum absolute atomic E-state index is 12.3. The molecule has 0 aliphatic carbocycles. The molecule has 1 rings (SSSR count). The third-order valence-electron chi connectivity index (χ3n) is 1.93. The van der Waals surface area contributed by atoms with Crippen LogP contribution in [0.2, 0.25) is 0 Å². The SMILES string of the molecule is COc1cc(N(CCN)CC(F)(F)F)ncn1. The van der Waals surface area contributed by atoms with Crippen LogP contribution in [-0.4, -0.2) is 42.9 Å². The number of nitrogens with two attached hydrogens (primary N) is 1. The predicted molar refractivity (Wildman–Crippen MR) is 55.9 cm³/mol. The number of alkyl halides is 3. The topological polar surface area (TPSA) is 64.3 Å². The second-order valence-electron chi connectivity index (χ2n) is 3.24. The van der Waals surface area contributed by atoms with E-state index in [9.17, 15) is 13.2 Å². The molecule has 0 aliphatic heterocycles. The van der Waals surface area contributed by atoms with Gasteiger partial charge in [0.15, 0.2) is 0 Å². The van der Waals surface area contributed by atoms with E-state index in [1.54, 1.807) is 0 Å². The van der Waals surface area contributed by atoms with Crippen LogP contribution in [0.25, 0.3) is 0 Å². The molecule has 0 aliphatic rings. The van der Waals surface area contributed by atoms with Crippen molar-refractivity contribution in [1.29, 1.82) is 0 Å². The highest BCUT2D eigenvalue weighted by molar-refractivity contribution is 5.41. The molecule has 5 nitrogen and oxygen atoms in total. The van der Waals surface area contributed by atoms with Gasteiger partial charge >= 0.3 is 6.18 Å². The van der Waals surface area contributed by atoms with Gasteiger partial charge in [-0.25, -0.2) is 9.97 Å². The monoisotopic (exact) mass is 250 g/mol. The zero-order valence-electron chi connectivity index (χ0n) is 9.24. The summed E-state index contributed by atoms with van der Waals surface area (Å²) in [4.78, 5) is 8.53. The van der Waals surface area contributed by atoms with Crippen molar-refractivity contribution in [3.8, 4) is 5.88 Å². The van der Waals surface area contributed by atoms with Gasteiger partial charge in [-0.15, -0.1) is 0 Å². The number of anilines is 1. The molecule has 8 heteroatoms. The number of nitrogens with zero attached hydrogens (tertiary/aromatic N) is 3. The fraction of sp³-hybridized carbons (Fsp3) is 0.556. The molecule has 17 heavy (non-hydrogen) atoms. The lowest BCUT2D eigenvalue weighted by molar-refractivity contribution is -0.119. The van der Waals surface area contributed by atoms with Crippen LogP contribution in [0, 0.1) is 0 Å². The maximum Gasteiger partial charge on any atom is 0.405 e. The number of ether oxygens (including phenoxy) is 1. The number of halogens is 3. The Morgan fingerprint density at radius 1 is 1.41 bits per heavy atom. The average molecular weight is 250 g/mol. The van der Waals surface area contributed by atoms with Gasteiger partial charge in [0.25, 0.3) is 0 Å². The second kappa shape index (κ2) is 5.67. The fourth-order valence-electron chi connectivity index (χ4n) is 1.26. The molecule has 2 N–H and O–H groups in total. The molecule has 0 saturated carbocycles. The van der Waals surface area contributed by atoms with Crippen LogP contribution in [0.3, 0.4) is 0 Å². The van der Waals surface area contributed by atoms with Crippen molar-refractivity contribution in [3.05, 3.63) is 12.4 Å². The van der Waals surface area contributed by atoms with Crippen LogP contribution in [0.15, 0.2) is 12.4 Å². The summed E-state index contributed by atoms with van der Waals surface area (Å²) in [6.07, 6.45) is -3.17. The summed E-state index contributed by atoms with van der Waals surface area (Å²) < 4.78 is 41.8. The van der Waals surface area contributed by atoms with Crippen LogP contribution >= 0.6 is 0 Å². The zero-order chi connectivity index (χ0) is 12.9. The van der Waals surface area contributed by atoms with Crippen molar-refractivity contribution in [1.82, 2.24) is 9.97 Å². The molecular weight excluding hydrogens is 237 g/mol. The van der Waals surface area contributed by atoms with E-state index >= 15 is 0 Å². The standard InChI is InChI=1S/C9H13F3N4O/c1-17-8-4-7(14-6-15-8)16(3-2-13)5-9(10,11)12/h4,6H,2-3,5,13H2,1H3. The predicted octanol–water partition coefficient (Wildman–Crippen LogP) is 0.813. The van der Waals surface area contributed by atoms with Gasteiger partial charge in [0.05, 0.1) is 7.11 Å². The van der Waals surface area contributed by atoms with E-state index in [2.05, 4.69) is 9.97 Å². The highest BCUT2D eigenvalue weighted by Crippen LogP contribution is 2.21. The third-order valence-corrected chi connectivity index (χ3v) is 1.93. The molecule has 0 atom stereocenters. The van der Waals surface area contributed by atoms with Crippen LogP contribution < -0.4 is 15.4 Å². The lowest BCUT2D eigenvalue weighted by Gasteiger charge is -2.24. The number of hydrogen-bond donors (Lipinski definition) is 1. The van der Waals surface area contributed by atoms with Crippen LogP contribution in [0.1, 0.15) is 0 Å². The largest absolute Gasteiger partial charge is 0.481 e. The quantitative estimate of drug-likeness (QED) is 0.837. The van der Waals surface area contributed by atoms with Gasteiger partial charge in [0.1, 0.15) is 18.7 Å². The van der Waals surface area contributed by atoms with E-state index in [1.807, 2.05) is 0 Å². The summed E-state index contributed by atoms with van der Waals surface area (Å²) in [6, 6.07) is 1.33. The Kier molecular flexibility index (Phi) is 4.50. The minimum atomic E-state index is -4.31. The summed E-state index contributed by atoms with van der Waals surface area (Å²) in [5.74, 6) is 0.346. The van der Waals surface area contributed by atoms with E-state index in [-0.39, 0.29) is 24.8 Å². The van der Waals surface area contributed by atoms with E-state index in [4.69, 9.17) is 10.5 Å². The van der Waals surface area contributed by atoms with Crippen molar-refractivity contribution in [2.24, 2.45) is 5.73 Å². The Morgan fingerprint density at radius 2 is 2.12 bits per heavy atom. The number of hydrogen-bond acceptors (Lipinski definition) is 5. The molecule has 96 valence electrons. The molecule has 1 aromatic heterocycles. The van der Waals surface area contributed by atoms with E-state index in [0.717, 1.165) is 11.2 Å². The van der Waals surface area contributed by atoms with Gasteiger partial charge in [-0.2, -0.15) is 13.2 Å². The lowest BCUT2D eigenvalue weighted by atomic mass is 10.4. The smallest absolute Gasteiger partial charge is 0.405 e. The van der Waals surface area contributed by atoms with Crippen molar-refractivity contribution in [3.63, 3.8) is 0 Å². The van der Waals surface area contributed by atoms with Crippen LogP contribution in [0.4, 0.5) is 19.0 Å². The second-order valence-corrected chi connectivity index (χ2v) is 3.24. The van der Waals surface area contributed by atoms with Gasteiger partial charge in [-0.1, -0.05) is 0 Å². The molecule has 0 saturated heterocycles. The van der Waals surface area contributed by atoms with Crippen molar-refractivity contribution < 1.29 is 17.9 Å². The molecular formula is C9H13F3N4O. The average Bonchev–Trinajstić information content (AvgIpc) is 2.27. The minimum absolute atomic E-state index is 0.0552. The van der Waals surface area contributed by atoms with Gasteiger partial charge in [0, 0.05) is 19.2 Å². The van der Waals surface area contributed by atoms with Crippen molar-refractivity contribution in [2.45, 2.75) is 6.18 Å². The molecule has 0 fully saturated rings. The first-order valence-corrected chi connectivity index (χ1v) is 4.84. The van der Waals surface area contributed by atoms with E-state index < -0.39 is 12.7 Å². The molecule has 0 bridgehead atoms. The first-order chi connectivity index (χ1) is 7.96. The summed E-state index contributed by atoms with van der Waals surface area (Å²) >= 11 is 0. The van der Waals surface area contributed by atoms with Crippen molar-refractivity contribution in [2.75, 3.05) is 31.6 Å². The van der Waals surface area contributed by atoms with Crippen LogP contribution in [0.5, 0.6) is 5.88 Å². The van der Waals surface area contributed by atoms with E-state index in [0.29, 0.717) is 0 Å². The Hall–Kier alpha value is -1.57. The molecule has 1 aromatic rings. The fourth-order valence-corrected chi connectivity index (χ4v) is 1.26.